The number of carbonyl (C=O) groups excluding carboxylic acids is 6. The average Bonchev–Trinajstić information content (AvgIpc) is 2.66. The number of hydrogen-bond acceptors (Lipinski definition) is 10. The number of hydrogen-bond donors (Lipinski definition) is 0. The minimum Gasteiger partial charge on any atom is -0.550 e. The van der Waals surface area contributed by atoms with E-state index >= 15 is 0 Å². The molecule has 0 spiro atoms. The van der Waals surface area contributed by atoms with Gasteiger partial charge in [0, 0.05) is 71.8 Å². The Bertz CT molecular complexity index is 1040. The van der Waals surface area contributed by atoms with Gasteiger partial charge in [-0.25, -0.2) is 0 Å². The lowest BCUT2D eigenvalue weighted by Gasteiger charge is -2.27. The van der Waals surface area contributed by atoms with Crippen molar-refractivity contribution in [3.8, 4) is 0 Å². The molecule has 0 aliphatic heterocycles. The molecule has 2 aromatic rings. The van der Waals surface area contributed by atoms with Gasteiger partial charge < -0.3 is 39.6 Å². The minimum atomic E-state index is -1.58. The SMILES string of the molecule is O=C([O-])Cc1ccc(CC(=O)[O-])c2c1C(=O)c1c(CC(=O)[O-])ccc(CC(=O)[O-])c1C2=O. The third-order valence-corrected chi connectivity index (χ3v) is 5.00. The third kappa shape index (κ3) is 4.10. The first-order valence-electron chi connectivity index (χ1n) is 9.19. The molecule has 3 rings (SSSR count). The van der Waals surface area contributed by atoms with Crippen molar-refractivity contribution >= 4 is 35.4 Å². The summed E-state index contributed by atoms with van der Waals surface area (Å²) in [6, 6.07) is 4.64. The maximum absolute atomic E-state index is 13.4. The maximum atomic E-state index is 13.4. The van der Waals surface area contributed by atoms with Crippen LogP contribution in [0.15, 0.2) is 24.3 Å². The largest absolute Gasteiger partial charge is 0.550 e. The van der Waals surface area contributed by atoms with Crippen LogP contribution in [0.25, 0.3) is 0 Å². The summed E-state index contributed by atoms with van der Waals surface area (Å²) in [6.07, 6.45) is -3.12. The summed E-state index contributed by atoms with van der Waals surface area (Å²) in [5.41, 5.74) is -2.20. The highest BCUT2D eigenvalue weighted by Crippen LogP contribution is 2.36. The van der Waals surface area contributed by atoms with Gasteiger partial charge in [-0.1, -0.05) is 24.3 Å². The van der Waals surface area contributed by atoms with Crippen molar-refractivity contribution < 1.29 is 49.2 Å². The molecule has 0 aromatic heterocycles. The first kappa shape index (κ1) is 22.3. The molecule has 0 atom stereocenters. The fourth-order valence-electron chi connectivity index (χ4n) is 3.88. The molecule has 0 fully saturated rings. The molecule has 0 heterocycles. The highest BCUT2D eigenvalue weighted by Gasteiger charge is 2.36. The normalized spacial score (nSPS) is 12.1. The number of carboxylic acid groups (broad SMARTS) is 4. The Morgan fingerprint density at radius 3 is 0.812 bits per heavy atom. The molecule has 0 radical (unpaired) electrons. The summed E-state index contributed by atoms with van der Waals surface area (Å²) in [4.78, 5) is 71.5. The van der Waals surface area contributed by atoms with Crippen molar-refractivity contribution in [2.75, 3.05) is 0 Å². The fraction of sp³-hybridized carbons (Fsp3) is 0.182. The van der Waals surface area contributed by atoms with E-state index in [9.17, 15) is 49.2 Å². The van der Waals surface area contributed by atoms with E-state index in [2.05, 4.69) is 0 Å². The van der Waals surface area contributed by atoms with Crippen molar-refractivity contribution in [2.45, 2.75) is 25.7 Å². The molecular formula is C22H12O10-4. The smallest absolute Gasteiger partial charge is 0.195 e. The zero-order valence-corrected chi connectivity index (χ0v) is 16.2. The lowest BCUT2D eigenvalue weighted by molar-refractivity contribution is -0.306. The summed E-state index contributed by atoms with van der Waals surface area (Å²) in [5, 5.41) is 44.7. The van der Waals surface area contributed by atoms with E-state index < -0.39 is 83.4 Å². The van der Waals surface area contributed by atoms with E-state index in [1.807, 2.05) is 0 Å². The van der Waals surface area contributed by atoms with Crippen LogP contribution in [0.2, 0.25) is 0 Å². The first-order chi connectivity index (χ1) is 15.0. The van der Waals surface area contributed by atoms with Gasteiger partial charge in [0.05, 0.1) is 0 Å². The Labute approximate surface area is 179 Å². The number of carbonyl (C=O) groups is 6. The van der Waals surface area contributed by atoms with Crippen LogP contribution in [-0.4, -0.2) is 35.4 Å². The van der Waals surface area contributed by atoms with Crippen LogP contribution in [0, 0.1) is 0 Å². The Morgan fingerprint density at radius 2 is 0.656 bits per heavy atom. The van der Waals surface area contributed by atoms with Crippen LogP contribution in [0.5, 0.6) is 0 Å². The van der Waals surface area contributed by atoms with Crippen molar-refractivity contribution in [1.29, 1.82) is 0 Å². The lowest BCUT2D eigenvalue weighted by Crippen LogP contribution is -2.33. The van der Waals surface area contributed by atoms with E-state index in [4.69, 9.17) is 0 Å². The quantitative estimate of drug-likeness (QED) is 0.333. The monoisotopic (exact) mass is 436 g/mol. The highest BCUT2D eigenvalue weighted by molar-refractivity contribution is 6.31. The van der Waals surface area contributed by atoms with Gasteiger partial charge in [-0.2, -0.15) is 0 Å². The first-order valence-corrected chi connectivity index (χ1v) is 9.19. The molecule has 10 heteroatoms. The Kier molecular flexibility index (Phi) is 5.88. The summed E-state index contributed by atoms with van der Waals surface area (Å²) in [5.74, 6) is -8.19. The van der Waals surface area contributed by atoms with Gasteiger partial charge in [-0.05, 0) is 22.3 Å². The zero-order valence-electron chi connectivity index (χ0n) is 16.2. The summed E-state index contributed by atoms with van der Waals surface area (Å²) in [6.45, 7) is 0. The molecule has 0 unspecified atom stereocenters. The van der Waals surface area contributed by atoms with Gasteiger partial charge in [0.1, 0.15) is 0 Å². The number of benzene rings is 2. The average molecular weight is 436 g/mol. The van der Waals surface area contributed by atoms with E-state index in [0.29, 0.717) is 0 Å². The van der Waals surface area contributed by atoms with Crippen molar-refractivity contribution in [2.24, 2.45) is 0 Å². The van der Waals surface area contributed by atoms with Gasteiger partial charge >= 0.3 is 0 Å². The number of aliphatic carboxylic acids is 4. The third-order valence-electron chi connectivity index (χ3n) is 5.00. The molecule has 1 aliphatic rings. The van der Waals surface area contributed by atoms with E-state index in [1.165, 1.54) is 0 Å². The Balaban J connectivity index is 2.39. The zero-order chi connectivity index (χ0) is 23.7. The molecule has 0 bridgehead atoms. The molecule has 1 aliphatic carbocycles. The van der Waals surface area contributed by atoms with Crippen molar-refractivity contribution in [3.05, 3.63) is 68.8 Å². The predicted molar refractivity (Wildman–Crippen MR) is 94.6 cm³/mol. The molecule has 0 saturated carbocycles. The van der Waals surface area contributed by atoms with Crippen molar-refractivity contribution in [3.63, 3.8) is 0 Å². The van der Waals surface area contributed by atoms with Gasteiger partial charge in [0.15, 0.2) is 11.6 Å². The molecule has 0 amide bonds. The molecular weight excluding hydrogens is 424 g/mol. The standard InChI is InChI=1S/C22H16O10/c23-13(24)5-9-1-2-10(6-14(25)26)18-17(9)21(31)19-11(7-15(27)28)3-4-12(8-16(29)30)20(19)22(18)32/h1-4H,5-8H2,(H,23,24)(H,25,26)(H,27,28)(H,29,30)/p-4. The predicted octanol–water partition coefficient (Wildman–Crippen LogP) is -4.37. The van der Waals surface area contributed by atoms with Crippen LogP contribution in [-0.2, 0) is 44.9 Å². The second kappa shape index (κ2) is 8.42. The second-order valence-electron chi connectivity index (χ2n) is 7.12. The lowest BCUT2D eigenvalue weighted by atomic mass is 9.75. The molecule has 0 saturated heterocycles. The molecule has 164 valence electrons. The Hall–Kier alpha value is -4.34. The maximum Gasteiger partial charge on any atom is 0.195 e. The summed E-state index contributed by atoms with van der Waals surface area (Å²) >= 11 is 0. The van der Waals surface area contributed by atoms with Crippen molar-refractivity contribution in [1.82, 2.24) is 0 Å². The van der Waals surface area contributed by atoms with Crippen LogP contribution < -0.4 is 20.4 Å². The number of rotatable bonds is 8. The van der Waals surface area contributed by atoms with E-state index in [0.717, 1.165) is 24.3 Å². The van der Waals surface area contributed by atoms with Crippen LogP contribution in [0.4, 0.5) is 0 Å². The van der Waals surface area contributed by atoms with Gasteiger partial charge in [0.2, 0.25) is 0 Å². The highest BCUT2D eigenvalue weighted by atomic mass is 16.4. The van der Waals surface area contributed by atoms with Crippen LogP contribution in [0.3, 0.4) is 0 Å². The number of carboxylic acids is 4. The molecule has 32 heavy (non-hydrogen) atoms. The second-order valence-corrected chi connectivity index (χ2v) is 7.12. The van der Waals surface area contributed by atoms with Gasteiger partial charge in [-0.15, -0.1) is 0 Å². The number of fused-ring (bicyclic) bond motifs is 2. The molecule has 0 N–H and O–H groups in total. The van der Waals surface area contributed by atoms with E-state index in [-0.39, 0.29) is 22.3 Å². The topological polar surface area (TPSA) is 195 Å². The van der Waals surface area contributed by atoms with E-state index in [1.54, 1.807) is 0 Å². The minimum absolute atomic E-state index is 0.143. The van der Waals surface area contributed by atoms with Crippen LogP contribution in [0.1, 0.15) is 54.1 Å². The summed E-state index contributed by atoms with van der Waals surface area (Å²) in [7, 11) is 0. The molecule has 10 nitrogen and oxygen atoms in total. The number of ketones is 2. The van der Waals surface area contributed by atoms with Gasteiger partial charge in [0.25, 0.3) is 0 Å². The molecule has 2 aromatic carbocycles. The Morgan fingerprint density at radius 1 is 0.469 bits per heavy atom. The van der Waals surface area contributed by atoms with Crippen LogP contribution >= 0.6 is 0 Å². The fourth-order valence-corrected chi connectivity index (χ4v) is 3.88. The summed E-state index contributed by atoms with van der Waals surface area (Å²) < 4.78 is 0. The van der Waals surface area contributed by atoms with Gasteiger partial charge in [-0.3, -0.25) is 9.59 Å².